The molecule has 3 aromatic rings. The number of allylic oxidation sites excluding steroid dienone is 1. The number of hydrogen-bond acceptors (Lipinski definition) is 4. The van der Waals surface area contributed by atoms with Crippen molar-refractivity contribution in [1.29, 1.82) is 0 Å². The Bertz CT molecular complexity index is 1030. The van der Waals surface area contributed by atoms with E-state index in [0.29, 0.717) is 24.5 Å². The van der Waals surface area contributed by atoms with E-state index in [1.165, 1.54) is 0 Å². The molecule has 150 valence electrons. The monoisotopic (exact) mass is 472 g/mol. The Morgan fingerprint density at radius 1 is 1.17 bits per heavy atom. The van der Waals surface area contributed by atoms with Crippen LogP contribution in [0.25, 0.3) is 0 Å². The lowest BCUT2D eigenvalue weighted by Gasteiger charge is -2.09. The number of aryl methyl sites for hydroxylation is 1. The third-order valence-corrected chi connectivity index (χ3v) is 5.94. The molecular formula is C21H21BrN4O2S. The first kappa shape index (κ1) is 21.1. The van der Waals surface area contributed by atoms with Crippen molar-refractivity contribution in [3.63, 3.8) is 0 Å². The largest absolute Gasteiger partial charge is 0.325 e. The van der Waals surface area contributed by atoms with Crippen molar-refractivity contribution < 1.29 is 9.00 Å². The van der Waals surface area contributed by atoms with Gasteiger partial charge in [-0.3, -0.25) is 13.6 Å². The summed E-state index contributed by atoms with van der Waals surface area (Å²) in [6, 6.07) is 15.3. The molecule has 8 heteroatoms. The summed E-state index contributed by atoms with van der Waals surface area (Å²) in [6.07, 6.45) is 2.24. The van der Waals surface area contributed by atoms with Gasteiger partial charge in [0.2, 0.25) is 11.1 Å². The lowest BCUT2D eigenvalue weighted by atomic mass is 10.1. The average Bonchev–Trinajstić information content (AvgIpc) is 3.08. The SMILES string of the molecule is C=CCn1c(Cc2ccc(Br)cc2)nnc1S(=O)CC(=O)Nc1ccc(C)cc1. The number of rotatable bonds is 8. The molecule has 0 fully saturated rings. The molecule has 1 N–H and O–H groups in total. The lowest BCUT2D eigenvalue weighted by molar-refractivity contribution is -0.113. The zero-order valence-corrected chi connectivity index (χ0v) is 18.4. The summed E-state index contributed by atoms with van der Waals surface area (Å²) < 4.78 is 15.5. The topological polar surface area (TPSA) is 76.9 Å². The molecule has 1 unspecified atom stereocenters. The van der Waals surface area contributed by atoms with Crippen LogP contribution in [-0.2, 0) is 28.6 Å². The van der Waals surface area contributed by atoms with Crippen LogP contribution in [0.3, 0.4) is 0 Å². The van der Waals surface area contributed by atoms with Gasteiger partial charge in [0.15, 0.2) is 0 Å². The number of nitrogens with zero attached hydrogens (tertiary/aromatic N) is 3. The number of nitrogens with one attached hydrogen (secondary N) is 1. The number of halogens is 1. The number of benzene rings is 2. The Morgan fingerprint density at radius 3 is 2.52 bits per heavy atom. The van der Waals surface area contributed by atoms with Gasteiger partial charge in [-0.05, 0) is 36.8 Å². The van der Waals surface area contributed by atoms with Crippen LogP contribution in [0.5, 0.6) is 0 Å². The molecular weight excluding hydrogens is 452 g/mol. The van der Waals surface area contributed by atoms with E-state index in [1.807, 2.05) is 55.5 Å². The van der Waals surface area contributed by atoms with Gasteiger partial charge >= 0.3 is 0 Å². The average molecular weight is 473 g/mol. The highest BCUT2D eigenvalue weighted by atomic mass is 79.9. The molecule has 3 rings (SSSR count). The molecule has 0 aliphatic rings. The highest BCUT2D eigenvalue weighted by molar-refractivity contribution is 9.10. The molecule has 0 spiro atoms. The maximum absolute atomic E-state index is 12.8. The number of carbonyl (C=O) groups excluding carboxylic acids is 1. The van der Waals surface area contributed by atoms with Crippen molar-refractivity contribution in [2.45, 2.75) is 25.0 Å². The van der Waals surface area contributed by atoms with Gasteiger partial charge in [-0.15, -0.1) is 16.8 Å². The predicted octanol–water partition coefficient (Wildman–Crippen LogP) is 3.87. The number of anilines is 1. The summed E-state index contributed by atoms with van der Waals surface area (Å²) in [4.78, 5) is 12.3. The number of carbonyl (C=O) groups is 1. The summed E-state index contributed by atoms with van der Waals surface area (Å²) >= 11 is 3.42. The highest BCUT2D eigenvalue weighted by Gasteiger charge is 2.20. The zero-order chi connectivity index (χ0) is 20.8. The van der Waals surface area contributed by atoms with Gasteiger partial charge in [0.05, 0.1) is 0 Å². The van der Waals surface area contributed by atoms with Crippen LogP contribution in [0.1, 0.15) is 17.0 Å². The Kier molecular flexibility index (Phi) is 7.11. The standard InChI is InChI=1S/C21H21BrN4O2S/c1-3-12-26-19(13-16-6-8-17(22)9-7-16)24-25-21(26)29(28)14-20(27)23-18-10-4-15(2)5-11-18/h3-11H,1,12-14H2,2H3,(H,23,27). The molecule has 0 aliphatic heterocycles. The fourth-order valence-corrected chi connectivity index (χ4v) is 3.99. The van der Waals surface area contributed by atoms with Gasteiger partial charge in [-0.25, -0.2) is 0 Å². The maximum atomic E-state index is 12.8. The second kappa shape index (κ2) is 9.76. The van der Waals surface area contributed by atoms with Crippen LogP contribution >= 0.6 is 15.9 Å². The zero-order valence-electron chi connectivity index (χ0n) is 16.0. The van der Waals surface area contributed by atoms with E-state index in [1.54, 1.807) is 10.6 Å². The maximum Gasteiger partial charge on any atom is 0.237 e. The van der Waals surface area contributed by atoms with Gasteiger partial charge in [0.25, 0.3) is 0 Å². The molecule has 0 aliphatic carbocycles. The second-order valence-electron chi connectivity index (χ2n) is 6.51. The molecule has 0 bridgehead atoms. The van der Waals surface area contributed by atoms with Crippen molar-refractivity contribution >= 4 is 38.3 Å². The summed E-state index contributed by atoms with van der Waals surface area (Å²) in [5.74, 6) is 0.144. The van der Waals surface area contributed by atoms with Crippen LogP contribution in [0.15, 0.2) is 70.8 Å². The Hall–Kier alpha value is -2.58. The number of amides is 1. The first-order chi connectivity index (χ1) is 14.0. The first-order valence-corrected chi connectivity index (χ1v) is 11.1. The molecule has 0 saturated heterocycles. The fraction of sp³-hybridized carbons (Fsp3) is 0.190. The molecule has 0 saturated carbocycles. The lowest BCUT2D eigenvalue weighted by Crippen LogP contribution is -2.21. The Balaban J connectivity index is 1.73. The van der Waals surface area contributed by atoms with E-state index in [0.717, 1.165) is 15.6 Å². The van der Waals surface area contributed by atoms with Crippen molar-refractivity contribution in [1.82, 2.24) is 14.8 Å². The molecule has 1 aromatic heterocycles. The van der Waals surface area contributed by atoms with E-state index in [-0.39, 0.29) is 16.8 Å². The Labute approximate surface area is 180 Å². The van der Waals surface area contributed by atoms with Gasteiger partial charge in [0, 0.05) is 23.1 Å². The normalized spacial score (nSPS) is 11.8. The van der Waals surface area contributed by atoms with Crippen LogP contribution < -0.4 is 5.32 Å². The van der Waals surface area contributed by atoms with Crippen molar-refractivity contribution in [3.05, 3.63) is 82.6 Å². The summed E-state index contributed by atoms with van der Waals surface area (Å²) in [6.45, 7) is 6.15. The third kappa shape index (κ3) is 5.71. The number of hydrogen-bond donors (Lipinski definition) is 1. The number of aromatic nitrogens is 3. The molecule has 1 heterocycles. The van der Waals surface area contributed by atoms with Crippen molar-refractivity contribution in [2.75, 3.05) is 11.1 Å². The minimum absolute atomic E-state index is 0.193. The van der Waals surface area contributed by atoms with E-state index in [9.17, 15) is 9.00 Å². The summed E-state index contributed by atoms with van der Waals surface area (Å²) in [5.41, 5.74) is 2.82. The second-order valence-corrected chi connectivity index (χ2v) is 8.77. The van der Waals surface area contributed by atoms with E-state index < -0.39 is 10.8 Å². The summed E-state index contributed by atoms with van der Waals surface area (Å²) in [5, 5.41) is 11.3. The predicted molar refractivity (Wildman–Crippen MR) is 118 cm³/mol. The van der Waals surface area contributed by atoms with E-state index in [2.05, 4.69) is 38.0 Å². The molecule has 0 radical (unpaired) electrons. The van der Waals surface area contributed by atoms with E-state index in [4.69, 9.17) is 0 Å². The fourth-order valence-electron chi connectivity index (χ4n) is 2.73. The molecule has 1 amide bonds. The smallest absolute Gasteiger partial charge is 0.237 e. The van der Waals surface area contributed by atoms with Gasteiger partial charge in [-0.2, -0.15) is 0 Å². The highest BCUT2D eigenvalue weighted by Crippen LogP contribution is 2.16. The van der Waals surface area contributed by atoms with Crippen LogP contribution in [0.2, 0.25) is 0 Å². The van der Waals surface area contributed by atoms with Crippen molar-refractivity contribution in [2.24, 2.45) is 0 Å². The van der Waals surface area contributed by atoms with Crippen LogP contribution in [0, 0.1) is 6.92 Å². The van der Waals surface area contributed by atoms with Crippen LogP contribution in [-0.4, -0.2) is 30.6 Å². The first-order valence-electron chi connectivity index (χ1n) is 8.98. The van der Waals surface area contributed by atoms with Gasteiger partial charge in [-0.1, -0.05) is 51.8 Å². The van der Waals surface area contributed by atoms with Crippen LogP contribution in [0.4, 0.5) is 5.69 Å². The Morgan fingerprint density at radius 2 is 1.86 bits per heavy atom. The van der Waals surface area contributed by atoms with Crippen molar-refractivity contribution in [3.8, 4) is 0 Å². The minimum atomic E-state index is -1.62. The van der Waals surface area contributed by atoms with Gasteiger partial charge in [0.1, 0.15) is 22.4 Å². The van der Waals surface area contributed by atoms with Gasteiger partial charge < -0.3 is 5.32 Å². The quantitative estimate of drug-likeness (QED) is 0.504. The molecule has 6 nitrogen and oxygen atoms in total. The van der Waals surface area contributed by atoms with E-state index >= 15 is 0 Å². The molecule has 29 heavy (non-hydrogen) atoms. The third-order valence-electron chi connectivity index (χ3n) is 4.18. The molecule has 1 atom stereocenters. The molecule has 2 aromatic carbocycles. The minimum Gasteiger partial charge on any atom is -0.325 e. The summed E-state index contributed by atoms with van der Waals surface area (Å²) in [7, 11) is -1.62.